The van der Waals surface area contributed by atoms with Crippen molar-refractivity contribution in [2.45, 2.75) is 17.7 Å². The Kier molecular flexibility index (Phi) is 4.76. The van der Waals surface area contributed by atoms with Crippen molar-refractivity contribution in [2.75, 3.05) is 18.9 Å². The summed E-state index contributed by atoms with van der Waals surface area (Å²) in [5.74, 6) is 0.303. The second kappa shape index (κ2) is 6.37. The van der Waals surface area contributed by atoms with E-state index in [9.17, 15) is 8.42 Å². The largest absolute Gasteiger partial charge is 0.481 e. The van der Waals surface area contributed by atoms with Gasteiger partial charge in [-0.25, -0.2) is 18.1 Å². The maximum Gasteiger partial charge on any atom is 0.273 e. The lowest BCUT2D eigenvalue weighted by molar-refractivity contribution is 0.397. The molecule has 0 radical (unpaired) electrons. The Bertz CT molecular complexity index is 728. The van der Waals surface area contributed by atoms with Gasteiger partial charge in [0.1, 0.15) is 4.21 Å². The molecule has 0 amide bonds. The van der Waals surface area contributed by atoms with Crippen molar-refractivity contribution >= 4 is 27.3 Å². The van der Waals surface area contributed by atoms with Crippen LogP contribution in [0.1, 0.15) is 10.6 Å². The summed E-state index contributed by atoms with van der Waals surface area (Å²) in [5.41, 5.74) is 0.613. The molecule has 2 heterocycles. The van der Waals surface area contributed by atoms with Crippen LogP contribution in [-0.2, 0) is 16.6 Å². The summed E-state index contributed by atoms with van der Waals surface area (Å²) in [5, 5.41) is 2.97. The van der Waals surface area contributed by atoms with Gasteiger partial charge in [-0.15, -0.1) is 11.3 Å². The third-order valence-corrected chi connectivity index (χ3v) is 5.42. The SMILES string of the molecule is CNCc1ccc(S(=O)(=O)Nc2nc(C)cc(OC)n2)s1. The van der Waals surface area contributed by atoms with Crippen LogP contribution < -0.4 is 14.8 Å². The summed E-state index contributed by atoms with van der Waals surface area (Å²) < 4.78 is 32.2. The van der Waals surface area contributed by atoms with Crippen LogP contribution in [0, 0.1) is 6.92 Å². The number of ether oxygens (including phenoxy) is 1. The minimum atomic E-state index is -3.69. The van der Waals surface area contributed by atoms with Gasteiger partial charge in [0.25, 0.3) is 10.0 Å². The van der Waals surface area contributed by atoms with Crippen molar-refractivity contribution in [3.63, 3.8) is 0 Å². The van der Waals surface area contributed by atoms with Crippen molar-refractivity contribution in [3.05, 3.63) is 28.8 Å². The quantitative estimate of drug-likeness (QED) is 0.832. The Morgan fingerprint density at radius 2 is 2.10 bits per heavy atom. The number of anilines is 1. The minimum Gasteiger partial charge on any atom is -0.481 e. The first-order valence-corrected chi connectivity index (χ1v) is 8.40. The molecule has 0 saturated heterocycles. The van der Waals surface area contributed by atoms with Gasteiger partial charge < -0.3 is 10.1 Å². The second-order valence-electron chi connectivity index (χ2n) is 4.23. The van der Waals surface area contributed by atoms with Crippen LogP contribution in [0.5, 0.6) is 5.88 Å². The van der Waals surface area contributed by atoms with Crippen LogP contribution >= 0.6 is 11.3 Å². The first-order valence-electron chi connectivity index (χ1n) is 6.10. The molecule has 2 aromatic heterocycles. The van der Waals surface area contributed by atoms with E-state index in [1.54, 1.807) is 32.2 Å². The van der Waals surface area contributed by atoms with Crippen LogP contribution in [0.3, 0.4) is 0 Å². The molecule has 114 valence electrons. The van der Waals surface area contributed by atoms with Crippen LogP contribution in [0.25, 0.3) is 0 Å². The molecule has 9 heteroatoms. The number of thiophene rings is 1. The van der Waals surface area contributed by atoms with Crippen LogP contribution in [0.4, 0.5) is 5.95 Å². The molecule has 2 rings (SSSR count). The van der Waals surface area contributed by atoms with Gasteiger partial charge in [0.15, 0.2) is 0 Å². The summed E-state index contributed by atoms with van der Waals surface area (Å²) in [6.07, 6.45) is 0. The van der Waals surface area contributed by atoms with Crippen LogP contribution in [-0.4, -0.2) is 32.5 Å². The Morgan fingerprint density at radius 3 is 2.76 bits per heavy atom. The number of nitrogens with zero attached hydrogens (tertiary/aromatic N) is 2. The number of rotatable bonds is 6. The van der Waals surface area contributed by atoms with Crippen molar-refractivity contribution in [2.24, 2.45) is 0 Å². The van der Waals surface area contributed by atoms with E-state index < -0.39 is 10.0 Å². The van der Waals surface area contributed by atoms with Gasteiger partial charge in [0.2, 0.25) is 11.8 Å². The van der Waals surface area contributed by atoms with E-state index in [2.05, 4.69) is 20.0 Å². The van der Waals surface area contributed by atoms with Gasteiger partial charge in [-0.3, -0.25) is 0 Å². The zero-order valence-electron chi connectivity index (χ0n) is 11.9. The van der Waals surface area contributed by atoms with E-state index in [0.717, 1.165) is 4.88 Å². The highest BCUT2D eigenvalue weighted by Gasteiger charge is 2.18. The molecule has 0 saturated carbocycles. The van der Waals surface area contributed by atoms with Crippen LogP contribution in [0.2, 0.25) is 0 Å². The molecule has 0 aliphatic rings. The lowest BCUT2D eigenvalue weighted by Gasteiger charge is -2.07. The summed E-state index contributed by atoms with van der Waals surface area (Å²) in [4.78, 5) is 8.95. The molecule has 0 unspecified atom stereocenters. The third kappa shape index (κ3) is 3.90. The lowest BCUT2D eigenvalue weighted by Crippen LogP contribution is -2.14. The maximum absolute atomic E-state index is 12.3. The Balaban J connectivity index is 2.26. The first kappa shape index (κ1) is 15.7. The highest BCUT2D eigenvalue weighted by molar-refractivity contribution is 7.94. The second-order valence-corrected chi connectivity index (χ2v) is 7.31. The Labute approximate surface area is 127 Å². The molecule has 2 N–H and O–H groups in total. The average molecular weight is 328 g/mol. The molecule has 0 atom stereocenters. The fourth-order valence-corrected chi connectivity index (χ4v) is 3.94. The smallest absolute Gasteiger partial charge is 0.273 e. The minimum absolute atomic E-state index is 0.00424. The van der Waals surface area contributed by atoms with Gasteiger partial charge in [0, 0.05) is 23.2 Å². The molecule has 0 bridgehead atoms. The molecule has 0 spiro atoms. The first-order chi connectivity index (χ1) is 9.94. The maximum atomic E-state index is 12.3. The number of hydrogen-bond acceptors (Lipinski definition) is 7. The Morgan fingerprint density at radius 1 is 1.33 bits per heavy atom. The number of sulfonamides is 1. The highest BCUT2D eigenvalue weighted by Crippen LogP contribution is 2.23. The fraction of sp³-hybridized carbons (Fsp3) is 0.333. The molecule has 7 nitrogen and oxygen atoms in total. The van der Waals surface area contributed by atoms with Gasteiger partial charge in [-0.2, -0.15) is 4.98 Å². The summed E-state index contributed by atoms with van der Waals surface area (Å²) in [7, 11) is -0.426. The number of aryl methyl sites for hydroxylation is 1. The molecular weight excluding hydrogens is 312 g/mol. The molecule has 0 fully saturated rings. The highest BCUT2D eigenvalue weighted by atomic mass is 32.2. The summed E-state index contributed by atoms with van der Waals surface area (Å²) in [6.45, 7) is 2.35. The monoisotopic (exact) mass is 328 g/mol. The topological polar surface area (TPSA) is 93.2 Å². The molecule has 2 aromatic rings. The van der Waals surface area contributed by atoms with Crippen molar-refractivity contribution in [3.8, 4) is 5.88 Å². The van der Waals surface area contributed by atoms with Crippen molar-refractivity contribution < 1.29 is 13.2 Å². The van der Waals surface area contributed by atoms with Gasteiger partial charge in [-0.05, 0) is 26.1 Å². The predicted molar refractivity (Wildman–Crippen MR) is 81.2 cm³/mol. The van der Waals surface area contributed by atoms with Gasteiger partial charge >= 0.3 is 0 Å². The van der Waals surface area contributed by atoms with E-state index in [0.29, 0.717) is 18.1 Å². The predicted octanol–water partition coefficient (Wildman–Crippen LogP) is 1.38. The molecular formula is C12H16N4O3S2. The van der Waals surface area contributed by atoms with Crippen molar-refractivity contribution in [1.82, 2.24) is 15.3 Å². The third-order valence-electron chi connectivity index (χ3n) is 2.52. The van der Waals surface area contributed by atoms with Crippen LogP contribution in [0.15, 0.2) is 22.4 Å². The van der Waals surface area contributed by atoms with E-state index >= 15 is 0 Å². The summed E-state index contributed by atoms with van der Waals surface area (Å²) in [6, 6.07) is 4.95. The zero-order valence-corrected chi connectivity index (χ0v) is 13.5. The normalized spacial score (nSPS) is 11.4. The van der Waals surface area contributed by atoms with Gasteiger partial charge in [0.05, 0.1) is 7.11 Å². The van der Waals surface area contributed by atoms with Crippen molar-refractivity contribution in [1.29, 1.82) is 0 Å². The summed E-state index contributed by atoms with van der Waals surface area (Å²) >= 11 is 1.20. The van der Waals surface area contributed by atoms with E-state index in [1.165, 1.54) is 18.4 Å². The van der Waals surface area contributed by atoms with E-state index in [1.807, 2.05) is 0 Å². The number of methoxy groups -OCH3 is 1. The lowest BCUT2D eigenvalue weighted by atomic mass is 10.4. The number of nitrogens with one attached hydrogen (secondary N) is 2. The molecule has 0 aliphatic heterocycles. The molecule has 21 heavy (non-hydrogen) atoms. The molecule has 0 aromatic carbocycles. The van der Waals surface area contributed by atoms with E-state index in [4.69, 9.17) is 4.74 Å². The number of aromatic nitrogens is 2. The standard InChI is InChI=1S/C12H16N4O3S2/c1-8-6-10(19-3)15-12(14-8)16-21(17,18)11-5-4-9(20-11)7-13-2/h4-6,13H,7H2,1-3H3,(H,14,15,16). The average Bonchev–Trinajstić information content (AvgIpc) is 2.87. The molecule has 0 aliphatic carbocycles. The van der Waals surface area contributed by atoms with E-state index in [-0.39, 0.29) is 10.2 Å². The zero-order chi connectivity index (χ0) is 15.5. The van der Waals surface area contributed by atoms with Gasteiger partial charge in [-0.1, -0.05) is 0 Å². The fourth-order valence-electron chi connectivity index (χ4n) is 1.63. The number of hydrogen-bond donors (Lipinski definition) is 2. The Hall–Kier alpha value is -1.71.